The molecule has 0 saturated heterocycles. The maximum absolute atomic E-state index is 10.8. The largest absolute Gasteiger partial charge is 0.150 e. The van der Waals surface area contributed by atoms with Crippen molar-refractivity contribution >= 4 is 8.58 Å². The Labute approximate surface area is 101 Å². The van der Waals surface area contributed by atoms with Crippen molar-refractivity contribution in [1.29, 1.82) is 0 Å². The first-order valence-electron chi connectivity index (χ1n) is 5.55. The van der Waals surface area contributed by atoms with E-state index in [1.54, 1.807) is 0 Å². The molecule has 2 nitrogen and oxygen atoms in total. The maximum atomic E-state index is 10.8. The first-order valence-corrected chi connectivity index (χ1v) is 7.13. The Morgan fingerprint density at radius 1 is 1.44 bits per heavy atom. The Morgan fingerprint density at radius 2 is 2.06 bits per heavy atom. The van der Waals surface area contributed by atoms with Gasteiger partial charge in [0, 0.05) is 18.0 Å². The van der Waals surface area contributed by atoms with Gasteiger partial charge in [0.1, 0.15) is 6.04 Å². The number of hydrogen-bond acceptors (Lipinski definition) is 2. The lowest BCUT2D eigenvalue weighted by atomic mass is 9.86. The standard InChI is InChI=1S/C13H20NOP/c1-6-9-12(14-15)13(16-5)11(8-3)10(4)7-2/h1,3,10-13,16H,7,9H2,2,4-5H3. The summed E-state index contributed by atoms with van der Waals surface area (Å²) in [5.74, 6) is 5.84. The molecule has 0 amide bonds. The van der Waals surface area contributed by atoms with Gasteiger partial charge in [-0.1, -0.05) is 25.4 Å². The zero-order valence-electron chi connectivity index (χ0n) is 10.2. The van der Waals surface area contributed by atoms with Crippen LogP contribution in [-0.4, -0.2) is 18.4 Å². The summed E-state index contributed by atoms with van der Waals surface area (Å²) >= 11 is 0. The number of rotatable bonds is 7. The molecule has 3 heteroatoms. The summed E-state index contributed by atoms with van der Waals surface area (Å²) < 4.78 is 0. The fraction of sp³-hybridized carbons (Fsp3) is 0.692. The van der Waals surface area contributed by atoms with Crippen LogP contribution in [0.25, 0.3) is 0 Å². The van der Waals surface area contributed by atoms with Crippen LogP contribution >= 0.6 is 8.58 Å². The zero-order valence-corrected chi connectivity index (χ0v) is 11.2. The van der Waals surface area contributed by atoms with E-state index in [9.17, 15) is 4.91 Å². The second-order valence-corrected chi connectivity index (χ2v) is 5.22. The minimum absolute atomic E-state index is 0.101. The molecule has 0 N–H and O–H groups in total. The highest BCUT2D eigenvalue weighted by molar-refractivity contribution is 7.38. The molecule has 0 aliphatic heterocycles. The van der Waals surface area contributed by atoms with Crippen molar-refractivity contribution in [3.8, 4) is 24.7 Å². The van der Waals surface area contributed by atoms with Crippen LogP contribution in [0.3, 0.4) is 0 Å². The van der Waals surface area contributed by atoms with Crippen LogP contribution < -0.4 is 0 Å². The molecule has 0 fully saturated rings. The van der Waals surface area contributed by atoms with Gasteiger partial charge in [-0.25, -0.2) is 0 Å². The molecule has 16 heavy (non-hydrogen) atoms. The molecule has 0 heterocycles. The zero-order chi connectivity index (χ0) is 12.6. The summed E-state index contributed by atoms with van der Waals surface area (Å²) in [5, 5.41) is 3.15. The highest BCUT2D eigenvalue weighted by atomic mass is 31.1. The van der Waals surface area contributed by atoms with Gasteiger partial charge in [0.05, 0.1) is 0 Å². The molecule has 0 aromatic heterocycles. The van der Waals surface area contributed by atoms with Crippen molar-refractivity contribution in [2.45, 2.75) is 38.4 Å². The fourth-order valence-corrected chi connectivity index (χ4v) is 3.18. The predicted octanol–water partition coefficient (Wildman–Crippen LogP) is 3.12. The topological polar surface area (TPSA) is 29.4 Å². The predicted molar refractivity (Wildman–Crippen MR) is 72.8 cm³/mol. The van der Waals surface area contributed by atoms with Gasteiger partial charge in [-0.3, -0.25) is 0 Å². The normalized spacial score (nSPS) is 18.3. The molecule has 0 rings (SSSR count). The Kier molecular flexibility index (Phi) is 7.88. The minimum atomic E-state index is -0.330. The molecule has 0 radical (unpaired) electrons. The minimum Gasteiger partial charge on any atom is -0.150 e. The molecule has 5 atom stereocenters. The molecule has 0 aromatic carbocycles. The lowest BCUT2D eigenvalue weighted by molar-refractivity contribution is 0.387. The Balaban J connectivity index is 4.86. The van der Waals surface area contributed by atoms with E-state index in [1.807, 2.05) is 0 Å². The number of nitrogens with zero attached hydrogens (tertiary/aromatic N) is 1. The summed E-state index contributed by atoms with van der Waals surface area (Å²) in [4.78, 5) is 10.8. The van der Waals surface area contributed by atoms with Gasteiger partial charge in [0.2, 0.25) is 0 Å². The second kappa shape index (κ2) is 8.32. The first-order chi connectivity index (χ1) is 7.65. The number of nitroso groups, excluding NO2 is 1. The lowest BCUT2D eigenvalue weighted by Gasteiger charge is -2.28. The molecule has 0 saturated carbocycles. The third kappa shape index (κ3) is 3.96. The van der Waals surface area contributed by atoms with E-state index in [0.29, 0.717) is 20.9 Å². The van der Waals surface area contributed by atoms with Gasteiger partial charge < -0.3 is 0 Å². The number of terminal acetylenes is 2. The molecule has 0 aliphatic carbocycles. The van der Waals surface area contributed by atoms with E-state index in [4.69, 9.17) is 12.8 Å². The van der Waals surface area contributed by atoms with E-state index >= 15 is 0 Å². The van der Waals surface area contributed by atoms with Crippen molar-refractivity contribution < 1.29 is 0 Å². The summed E-state index contributed by atoms with van der Waals surface area (Å²) in [6.07, 6.45) is 12.2. The average Bonchev–Trinajstić information content (AvgIpc) is 2.32. The van der Waals surface area contributed by atoms with Crippen molar-refractivity contribution in [2.24, 2.45) is 17.0 Å². The second-order valence-electron chi connectivity index (χ2n) is 3.97. The third-order valence-corrected chi connectivity index (χ3v) is 4.46. The molecule has 5 unspecified atom stereocenters. The van der Waals surface area contributed by atoms with Crippen molar-refractivity contribution in [3.05, 3.63) is 4.91 Å². The molecular formula is C13H20NOP. The van der Waals surface area contributed by atoms with E-state index in [-0.39, 0.29) is 17.6 Å². The van der Waals surface area contributed by atoms with Crippen molar-refractivity contribution in [1.82, 2.24) is 0 Å². The monoisotopic (exact) mass is 237 g/mol. The molecule has 0 aromatic rings. The Hall–Kier alpha value is -0.850. The van der Waals surface area contributed by atoms with Crippen LogP contribution in [0.5, 0.6) is 0 Å². The van der Waals surface area contributed by atoms with Crippen LogP contribution in [0.1, 0.15) is 26.7 Å². The van der Waals surface area contributed by atoms with Crippen molar-refractivity contribution in [2.75, 3.05) is 6.66 Å². The summed E-state index contributed by atoms with van der Waals surface area (Å²) in [6.45, 7) is 6.29. The SMILES string of the molecule is C#CCC(N=O)C(PC)C(C#C)C(C)CC. The Morgan fingerprint density at radius 3 is 2.38 bits per heavy atom. The van der Waals surface area contributed by atoms with Gasteiger partial charge in [-0.15, -0.1) is 33.3 Å². The lowest BCUT2D eigenvalue weighted by Crippen LogP contribution is -2.31. The van der Waals surface area contributed by atoms with E-state index in [2.05, 4.69) is 37.5 Å². The quantitative estimate of drug-likeness (QED) is 0.380. The first kappa shape index (κ1) is 15.2. The molecule has 0 aliphatic rings. The highest BCUT2D eigenvalue weighted by Gasteiger charge is 2.30. The fourth-order valence-electron chi connectivity index (χ4n) is 1.84. The molecular weight excluding hydrogens is 217 g/mol. The van der Waals surface area contributed by atoms with Crippen molar-refractivity contribution in [3.63, 3.8) is 0 Å². The highest BCUT2D eigenvalue weighted by Crippen LogP contribution is 2.34. The van der Waals surface area contributed by atoms with Crippen LogP contribution in [-0.2, 0) is 0 Å². The van der Waals surface area contributed by atoms with Gasteiger partial charge in [-0.2, -0.15) is 4.91 Å². The van der Waals surface area contributed by atoms with Gasteiger partial charge >= 0.3 is 0 Å². The number of hydrogen-bond donors (Lipinski definition) is 0. The molecule has 88 valence electrons. The van der Waals surface area contributed by atoms with E-state index in [0.717, 1.165) is 6.42 Å². The molecule has 0 bridgehead atoms. The smallest absolute Gasteiger partial charge is 0.110 e. The summed E-state index contributed by atoms with van der Waals surface area (Å²) in [7, 11) is 0.597. The van der Waals surface area contributed by atoms with Gasteiger partial charge in [0.25, 0.3) is 0 Å². The van der Waals surface area contributed by atoms with Crippen LogP contribution in [0.2, 0.25) is 0 Å². The third-order valence-electron chi connectivity index (χ3n) is 3.05. The van der Waals surface area contributed by atoms with E-state index in [1.165, 1.54) is 0 Å². The van der Waals surface area contributed by atoms with Gasteiger partial charge in [0.15, 0.2) is 0 Å². The van der Waals surface area contributed by atoms with Crippen LogP contribution in [0, 0.1) is 41.4 Å². The van der Waals surface area contributed by atoms with Crippen LogP contribution in [0.4, 0.5) is 0 Å². The maximum Gasteiger partial charge on any atom is 0.110 e. The van der Waals surface area contributed by atoms with Crippen LogP contribution in [0.15, 0.2) is 5.18 Å². The average molecular weight is 237 g/mol. The summed E-state index contributed by atoms with van der Waals surface area (Å²) in [6, 6.07) is -0.330. The Bertz CT molecular complexity index is 289. The van der Waals surface area contributed by atoms with Gasteiger partial charge in [-0.05, 0) is 12.6 Å². The summed E-state index contributed by atoms with van der Waals surface area (Å²) in [5.41, 5.74) is 0.133. The molecule has 0 spiro atoms. The van der Waals surface area contributed by atoms with E-state index < -0.39 is 0 Å².